The summed E-state index contributed by atoms with van der Waals surface area (Å²) in [4.78, 5) is 2.43. The van der Waals surface area contributed by atoms with Gasteiger partial charge in [0.1, 0.15) is 5.75 Å². The van der Waals surface area contributed by atoms with Crippen LogP contribution in [0.3, 0.4) is 0 Å². The summed E-state index contributed by atoms with van der Waals surface area (Å²) in [5.74, 6) is 0.935. The molecule has 0 saturated carbocycles. The number of nitrogens with zero attached hydrogens (tertiary/aromatic N) is 1. The maximum absolute atomic E-state index is 7.03. The van der Waals surface area contributed by atoms with Crippen LogP contribution in [0, 0.1) is 0 Å². The van der Waals surface area contributed by atoms with Crippen molar-refractivity contribution in [3.63, 3.8) is 0 Å². The molecule has 0 saturated heterocycles. The Morgan fingerprint density at radius 2 is 1.07 bits per heavy atom. The van der Waals surface area contributed by atoms with Crippen molar-refractivity contribution < 1.29 is 4.65 Å². The highest BCUT2D eigenvalue weighted by molar-refractivity contribution is 6.86. The zero-order valence-corrected chi connectivity index (χ0v) is 22.3. The molecule has 2 heterocycles. The number of para-hydroxylation sites is 1. The minimum absolute atomic E-state index is 0.210. The van der Waals surface area contributed by atoms with Crippen LogP contribution in [0.4, 0.5) is 17.1 Å². The van der Waals surface area contributed by atoms with Gasteiger partial charge in [0.15, 0.2) is 0 Å². The van der Waals surface area contributed by atoms with Crippen LogP contribution in [0.2, 0.25) is 0 Å². The smallest absolute Gasteiger partial charge is 0.431 e. The second kappa shape index (κ2) is 8.61. The second-order valence-corrected chi connectivity index (χ2v) is 10.9. The molecular formula is C38H24BNO. The van der Waals surface area contributed by atoms with Crippen molar-refractivity contribution in [3.8, 4) is 28.0 Å². The molecule has 9 rings (SSSR count). The molecule has 7 aromatic rings. The molecule has 0 fully saturated rings. The number of anilines is 3. The lowest BCUT2D eigenvalue weighted by Gasteiger charge is -2.40. The Bertz CT molecular complexity index is 2140. The summed E-state index contributed by atoms with van der Waals surface area (Å²) < 4.78 is 7.03. The van der Waals surface area contributed by atoms with Crippen molar-refractivity contribution in [1.29, 1.82) is 0 Å². The molecule has 41 heavy (non-hydrogen) atoms. The molecule has 0 bridgehead atoms. The van der Waals surface area contributed by atoms with Crippen LogP contribution in [0.5, 0.6) is 5.75 Å². The van der Waals surface area contributed by atoms with Gasteiger partial charge < -0.3 is 9.55 Å². The van der Waals surface area contributed by atoms with E-state index in [1.165, 1.54) is 54.8 Å². The van der Waals surface area contributed by atoms with Gasteiger partial charge in [-0.1, -0.05) is 103 Å². The van der Waals surface area contributed by atoms with Gasteiger partial charge in [-0.15, -0.1) is 0 Å². The molecule has 3 heteroatoms. The molecule has 0 radical (unpaired) electrons. The fourth-order valence-corrected chi connectivity index (χ4v) is 6.69. The lowest BCUT2D eigenvalue weighted by molar-refractivity contribution is 0.591. The average molecular weight is 521 g/mol. The van der Waals surface area contributed by atoms with E-state index >= 15 is 0 Å². The summed E-state index contributed by atoms with van der Waals surface area (Å²) in [6, 6.07) is 52.5. The van der Waals surface area contributed by atoms with E-state index in [0.29, 0.717) is 0 Å². The zero-order valence-electron chi connectivity index (χ0n) is 22.3. The van der Waals surface area contributed by atoms with Crippen molar-refractivity contribution in [2.24, 2.45) is 0 Å². The van der Waals surface area contributed by atoms with Crippen LogP contribution in [0.25, 0.3) is 43.8 Å². The fourth-order valence-electron chi connectivity index (χ4n) is 6.69. The number of hydrogen-bond donors (Lipinski definition) is 0. The van der Waals surface area contributed by atoms with Crippen LogP contribution in [-0.2, 0) is 0 Å². The molecular weight excluding hydrogens is 497 g/mol. The Morgan fingerprint density at radius 1 is 0.463 bits per heavy atom. The SMILES string of the molecule is c1ccc(-c2cc3c4c(c2)N(c2ccccc2)c2cc5ccccc5cc2B4Oc2cc4ccccc4cc2-3)cc1. The number of fused-ring (bicyclic) bond motifs is 6. The standard InChI is InChI=1S/C38H24BNO/c1-3-11-25(12-4-1)30-20-33-32-19-26-13-7-10-16-29(26)24-37(32)41-39-34-21-27-14-8-9-15-28(27)22-35(34)40(36(23-30)38(33)39)31-17-5-2-6-18-31/h1-24H. The third-order valence-corrected chi connectivity index (χ3v) is 8.58. The molecule has 2 nitrogen and oxygen atoms in total. The van der Waals surface area contributed by atoms with E-state index in [1.54, 1.807) is 0 Å². The van der Waals surface area contributed by atoms with Gasteiger partial charge in [0, 0.05) is 28.1 Å². The van der Waals surface area contributed by atoms with Crippen molar-refractivity contribution in [1.82, 2.24) is 0 Å². The first-order valence-corrected chi connectivity index (χ1v) is 14.1. The summed E-state index contributed by atoms with van der Waals surface area (Å²) >= 11 is 0. The average Bonchev–Trinajstić information content (AvgIpc) is 3.04. The summed E-state index contributed by atoms with van der Waals surface area (Å²) in [6.07, 6.45) is 0. The molecule has 7 aromatic carbocycles. The number of hydrogen-bond acceptors (Lipinski definition) is 2. The van der Waals surface area contributed by atoms with E-state index in [1.807, 2.05) is 0 Å². The third kappa shape index (κ3) is 3.39. The molecule has 0 unspecified atom stereocenters. The molecule has 0 aliphatic carbocycles. The van der Waals surface area contributed by atoms with E-state index < -0.39 is 0 Å². The van der Waals surface area contributed by atoms with E-state index in [-0.39, 0.29) is 6.92 Å². The second-order valence-electron chi connectivity index (χ2n) is 10.9. The van der Waals surface area contributed by atoms with Gasteiger partial charge in [-0.3, -0.25) is 0 Å². The minimum Gasteiger partial charge on any atom is -0.551 e. The summed E-state index contributed by atoms with van der Waals surface area (Å²) in [5, 5.41) is 4.85. The van der Waals surface area contributed by atoms with E-state index in [4.69, 9.17) is 4.65 Å². The quantitative estimate of drug-likeness (QED) is 0.211. The third-order valence-electron chi connectivity index (χ3n) is 8.58. The van der Waals surface area contributed by atoms with E-state index in [0.717, 1.165) is 22.7 Å². The molecule has 2 aliphatic rings. The summed E-state index contributed by atoms with van der Waals surface area (Å²) in [6.45, 7) is -0.210. The van der Waals surface area contributed by atoms with Gasteiger partial charge in [-0.05, 0) is 86.2 Å². The van der Waals surface area contributed by atoms with Gasteiger partial charge in [-0.2, -0.15) is 0 Å². The number of benzene rings is 7. The molecule has 0 N–H and O–H groups in total. The Kier molecular flexibility index (Phi) is 4.73. The van der Waals surface area contributed by atoms with Crippen molar-refractivity contribution in [3.05, 3.63) is 146 Å². The molecule has 2 aliphatic heterocycles. The van der Waals surface area contributed by atoms with Crippen LogP contribution < -0.4 is 20.5 Å². The predicted molar refractivity (Wildman–Crippen MR) is 173 cm³/mol. The van der Waals surface area contributed by atoms with Crippen LogP contribution in [0.15, 0.2) is 146 Å². The van der Waals surface area contributed by atoms with Crippen molar-refractivity contribution in [2.75, 3.05) is 4.90 Å². The van der Waals surface area contributed by atoms with Gasteiger partial charge in [-0.25, -0.2) is 0 Å². The maximum atomic E-state index is 7.03. The minimum atomic E-state index is -0.210. The monoisotopic (exact) mass is 521 g/mol. The van der Waals surface area contributed by atoms with Crippen molar-refractivity contribution in [2.45, 2.75) is 0 Å². The van der Waals surface area contributed by atoms with Gasteiger partial charge in [0.2, 0.25) is 0 Å². The summed E-state index contributed by atoms with van der Waals surface area (Å²) in [7, 11) is 0. The Balaban J connectivity index is 1.42. The predicted octanol–water partition coefficient (Wildman–Crippen LogP) is 8.61. The van der Waals surface area contributed by atoms with E-state index in [2.05, 4.69) is 150 Å². The Morgan fingerprint density at radius 3 is 1.80 bits per heavy atom. The lowest BCUT2D eigenvalue weighted by atomic mass is 9.49. The van der Waals surface area contributed by atoms with Crippen LogP contribution in [0.1, 0.15) is 0 Å². The van der Waals surface area contributed by atoms with Gasteiger partial charge >= 0.3 is 6.92 Å². The first kappa shape index (κ1) is 22.5. The Hall–Kier alpha value is -5.28. The maximum Gasteiger partial charge on any atom is 0.431 e. The molecule has 0 aromatic heterocycles. The van der Waals surface area contributed by atoms with Crippen LogP contribution in [-0.4, -0.2) is 6.92 Å². The highest BCUT2D eigenvalue weighted by atomic mass is 16.4. The van der Waals surface area contributed by atoms with Gasteiger partial charge in [0.25, 0.3) is 0 Å². The molecule has 0 atom stereocenters. The molecule has 0 spiro atoms. The molecule has 0 amide bonds. The van der Waals surface area contributed by atoms with Gasteiger partial charge in [0.05, 0.1) is 0 Å². The van der Waals surface area contributed by atoms with Crippen LogP contribution >= 0.6 is 0 Å². The summed E-state index contributed by atoms with van der Waals surface area (Å²) in [5.41, 5.74) is 10.7. The highest BCUT2D eigenvalue weighted by Gasteiger charge is 2.43. The van der Waals surface area contributed by atoms with Crippen molar-refractivity contribution >= 4 is 56.4 Å². The topological polar surface area (TPSA) is 12.5 Å². The largest absolute Gasteiger partial charge is 0.551 e. The first-order chi connectivity index (χ1) is 20.3. The normalized spacial score (nSPS) is 13.0. The first-order valence-electron chi connectivity index (χ1n) is 14.1. The zero-order chi connectivity index (χ0) is 26.9. The number of rotatable bonds is 2. The highest BCUT2D eigenvalue weighted by Crippen LogP contribution is 2.46. The molecule has 190 valence electrons. The van der Waals surface area contributed by atoms with E-state index in [9.17, 15) is 0 Å². The Labute approximate surface area is 239 Å². The lowest BCUT2D eigenvalue weighted by Crippen LogP contribution is -2.56. The fraction of sp³-hybridized carbons (Fsp3) is 0.